The molecular weight excluding hydrogens is 204 g/mol. The van der Waals surface area contributed by atoms with Gasteiger partial charge in [-0.15, -0.1) is 10.2 Å². The van der Waals surface area contributed by atoms with Crippen LogP contribution in [0.1, 0.15) is 18.7 Å². The highest BCUT2D eigenvalue weighted by Crippen LogP contribution is 2.09. The van der Waals surface area contributed by atoms with Crippen LogP contribution in [0.25, 0.3) is 0 Å². The number of unbranched alkanes of at least 4 members (excludes halogenated alkanes) is 1. The lowest BCUT2D eigenvalue weighted by Gasteiger charge is -2.04. The van der Waals surface area contributed by atoms with E-state index in [2.05, 4.69) is 20.6 Å². The van der Waals surface area contributed by atoms with E-state index in [9.17, 15) is 0 Å². The minimum atomic E-state index is 0.724. The summed E-state index contributed by atoms with van der Waals surface area (Å²) in [5, 5.41) is 13.7. The highest BCUT2D eigenvalue weighted by atomic mass is 16.5. The molecule has 2 rings (SSSR count). The Balaban J connectivity index is 1.59. The Morgan fingerprint density at radius 3 is 2.75 bits per heavy atom. The third-order valence-corrected chi connectivity index (χ3v) is 2.20. The van der Waals surface area contributed by atoms with Gasteiger partial charge < -0.3 is 4.74 Å². The third kappa shape index (κ3) is 3.34. The molecule has 0 fully saturated rings. The van der Waals surface area contributed by atoms with Crippen molar-refractivity contribution in [3.05, 3.63) is 36.2 Å². The number of rotatable bonds is 6. The van der Waals surface area contributed by atoms with Crippen LogP contribution in [0.4, 0.5) is 0 Å². The van der Waals surface area contributed by atoms with Crippen LogP contribution in [0.15, 0.2) is 30.3 Å². The third-order valence-electron chi connectivity index (χ3n) is 2.20. The van der Waals surface area contributed by atoms with Crippen molar-refractivity contribution < 1.29 is 4.74 Å². The molecule has 1 aromatic carbocycles. The Hall–Kier alpha value is -1.91. The second-order valence-corrected chi connectivity index (χ2v) is 3.45. The number of hydrogen-bond donors (Lipinski definition) is 1. The van der Waals surface area contributed by atoms with E-state index >= 15 is 0 Å². The molecule has 0 aliphatic heterocycles. The van der Waals surface area contributed by atoms with Crippen LogP contribution in [0.2, 0.25) is 0 Å². The Morgan fingerprint density at radius 1 is 1.12 bits per heavy atom. The maximum atomic E-state index is 5.56. The Kier molecular flexibility index (Phi) is 3.87. The summed E-state index contributed by atoms with van der Waals surface area (Å²) in [6.07, 6.45) is 2.84. The molecule has 0 saturated heterocycles. The smallest absolute Gasteiger partial charge is 0.174 e. The van der Waals surface area contributed by atoms with Gasteiger partial charge in [0.25, 0.3) is 0 Å². The first-order chi connectivity index (χ1) is 7.95. The summed E-state index contributed by atoms with van der Waals surface area (Å²) in [5.41, 5.74) is 0. The van der Waals surface area contributed by atoms with Crippen LogP contribution >= 0.6 is 0 Å². The zero-order valence-corrected chi connectivity index (χ0v) is 8.97. The van der Waals surface area contributed by atoms with E-state index in [0.717, 1.165) is 37.4 Å². The van der Waals surface area contributed by atoms with Gasteiger partial charge in [0, 0.05) is 6.42 Å². The fraction of sp³-hybridized carbons (Fsp3) is 0.364. The second kappa shape index (κ2) is 5.85. The topological polar surface area (TPSA) is 63.7 Å². The molecule has 0 aliphatic rings. The molecule has 0 radical (unpaired) electrons. The molecule has 0 saturated carbocycles. The van der Waals surface area contributed by atoms with E-state index in [1.165, 1.54) is 0 Å². The molecule has 16 heavy (non-hydrogen) atoms. The van der Waals surface area contributed by atoms with Gasteiger partial charge in [-0.05, 0) is 25.0 Å². The van der Waals surface area contributed by atoms with Crippen LogP contribution in [0, 0.1) is 0 Å². The Bertz CT molecular complexity index is 388. The van der Waals surface area contributed by atoms with Gasteiger partial charge in [-0.1, -0.05) is 23.4 Å². The average Bonchev–Trinajstić information content (AvgIpc) is 2.83. The van der Waals surface area contributed by atoms with Gasteiger partial charge in [-0.3, -0.25) is 0 Å². The zero-order valence-electron chi connectivity index (χ0n) is 8.97. The molecule has 0 unspecified atom stereocenters. The van der Waals surface area contributed by atoms with Crippen LogP contribution < -0.4 is 4.74 Å². The van der Waals surface area contributed by atoms with E-state index < -0.39 is 0 Å². The standard InChI is InChI=1S/C11H14N4O/c1-2-6-10(7-3-1)16-9-5-4-8-11-12-14-15-13-11/h1-3,6-7H,4-5,8-9H2,(H,12,13,14,15). The van der Waals surface area contributed by atoms with Crippen molar-refractivity contribution in [1.29, 1.82) is 0 Å². The summed E-state index contributed by atoms with van der Waals surface area (Å²) in [6.45, 7) is 0.724. The average molecular weight is 218 g/mol. The first kappa shape index (κ1) is 10.6. The molecule has 84 valence electrons. The summed E-state index contributed by atoms with van der Waals surface area (Å²) in [4.78, 5) is 0. The number of benzene rings is 1. The lowest BCUT2D eigenvalue weighted by Crippen LogP contribution is -1.98. The quantitative estimate of drug-likeness (QED) is 0.748. The second-order valence-electron chi connectivity index (χ2n) is 3.45. The maximum Gasteiger partial charge on any atom is 0.174 e. The molecule has 2 aromatic rings. The molecule has 1 heterocycles. The van der Waals surface area contributed by atoms with Gasteiger partial charge in [-0.25, -0.2) is 0 Å². The van der Waals surface area contributed by atoms with E-state index in [-0.39, 0.29) is 0 Å². The SMILES string of the molecule is c1ccc(OCCCCc2nn[nH]n2)cc1. The molecule has 1 N–H and O–H groups in total. The summed E-state index contributed by atoms with van der Waals surface area (Å²) in [7, 11) is 0. The molecular formula is C11H14N4O. The molecule has 0 aliphatic carbocycles. The van der Waals surface area contributed by atoms with Gasteiger partial charge >= 0.3 is 0 Å². The number of H-pyrrole nitrogens is 1. The Labute approximate surface area is 93.8 Å². The zero-order chi connectivity index (χ0) is 11.1. The normalized spacial score (nSPS) is 10.2. The largest absolute Gasteiger partial charge is 0.494 e. The van der Waals surface area contributed by atoms with Crippen molar-refractivity contribution in [2.45, 2.75) is 19.3 Å². The first-order valence-electron chi connectivity index (χ1n) is 5.35. The van der Waals surface area contributed by atoms with Crippen LogP contribution in [0.5, 0.6) is 5.75 Å². The van der Waals surface area contributed by atoms with Gasteiger partial charge in [0.15, 0.2) is 5.82 Å². The number of para-hydroxylation sites is 1. The van der Waals surface area contributed by atoms with Crippen molar-refractivity contribution >= 4 is 0 Å². The molecule has 1 aromatic heterocycles. The lowest BCUT2D eigenvalue weighted by atomic mass is 10.2. The molecule has 0 spiro atoms. The number of aromatic nitrogens is 4. The van der Waals surface area contributed by atoms with Crippen molar-refractivity contribution in [3.63, 3.8) is 0 Å². The van der Waals surface area contributed by atoms with E-state index in [1.54, 1.807) is 0 Å². The summed E-state index contributed by atoms with van der Waals surface area (Å²) >= 11 is 0. The van der Waals surface area contributed by atoms with Gasteiger partial charge in [0.2, 0.25) is 0 Å². The number of hydrogen-bond acceptors (Lipinski definition) is 4. The molecule has 0 amide bonds. The predicted molar refractivity (Wildman–Crippen MR) is 59.1 cm³/mol. The molecule has 0 atom stereocenters. The van der Waals surface area contributed by atoms with Gasteiger partial charge in [-0.2, -0.15) is 5.21 Å². The number of ether oxygens (including phenoxy) is 1. The van der Waals surface area contributed by atoms with E-state index in [4.69, 9.17) is 4.74 Å². The van der Waals surface area contributed by atoms with Crippen LogP contribution in [-0.2, 0) is 6.42 Å². The number of nitrogens with zero attached hydrogens (tertiary/aromatic N) is 3. The number of tetrazole rings is 1. The van der Waals surface area contributed by atoms with Crippen LogP contribution in [0.3, 0.4) is 0 Å². The maximum absolute atomic E-state index is 5.56. The monoisotopic (exact) mass is 218 g/mol. The van der Waals surface area contributed by atoms with Crippen molar-refractivity contribution in [2.75, 3.05) is 6.61 Å². The highest BCUT2D eigenvalue weighted by molar-refractivity contribution is 5.20. The van der Waals surface area contributed by atoms with Gasteiger partial charge in [0.05, 0.1) is 6.61 Å². The first-order valence-corrected chi connectivity index (χ1v) is 5.35. The summed E-state index contributed by atoms with van der Waals surface area (Å²) in [6, 6.07) is 9.82. The minimum absolute atomic E-state index is 0.724. The molecule has 5 nitrogen and oxygen atoms in total. The van der Waals surface area contributed by atoms with Crippen molar-refractivity contribution in [1.82, 2.24) is 20.6 Å². The fourth-order valence-electron chi connectivity index (χ4n) is 1.38. The van der Waals surface area contributed by atoms with E-state index in [1.807, 2.05) is 30.3 Å². The Morgan fingerprint density at radius 2 is 2.00 bits per heavy atom. The van der Waals surface area contributed by atoms with Crippen molar-refractivity contribution in [2.24, 2.45) is 0 Å². The number of aryl methyl sites for hydroxylation is 1. The fourth-order valence-corrected chi connectivity index (χ4v) is 1.38. The minimum Gasteiger partial charge on any atom is -0.494 e. The summed E-state index contributed by atoms with van der Waals surface area (Å²) in [5.74, 6) is 1.68. The van der Waals surface area contributed by atoms with Gasteiger partial charge in [0.1, 0.15) is 5.75 Å². The molecule has 5 heteroatoms. The summed E-state index contributed by atoms with van der Waals surface area (Å²) < 4.78 is 5.56. The number of nitrogens with one attached hydrogen (secondary N) is 1. The lowest BCUT2D eigenvalue weighted by molar-refractivity contribution is 0.306. The van der Waals surface area contributed by atoms with Crippen LogP contribution in [-0.4, -0.2) is 27.2 Å². The molecule has 0 bridgehead atoms. The van der Waals surface area contributed by atoms with E-state index in [0.29, 0.717) is 0 Å². The van der Waals surface area contributed by atoms with Crippen molar-refractivity contribution in [3.8, 4) is 5.75 Å². The highest BCUT2D eigenvalue weighted by Gasteiger charge is 1.98. The number of aromatic amines is 1. The predicted octanol–water partition coefficient (Wildman–Crippen LogP) is 1.60.